The Hall–Kier alpha value is -1.42. The van der Waals surface area contributed by atoms with Gasteiger partial charge in [-0.15, -0.1) is 0 Å². The Morgan fingerprint density at radius 2 is 2.18 bits per heavy atom. The minimum atomic E-state index is -3.37. The normalized spacial score (nSPS) is 17.4. The summed E-state index contributed by atoms with van der Waals surface area (Å²) in [6.45, 7) is 0.334. The third-order valence-corrected chi connectivity index (χ3v) is 4.41. The van der Waals surface area contributed by atoms with Crippen molar-refractivity contribution in [3.05, 3.63) is 35.4 Å². The second kappa shape index (κ2) is 4.45. The lowest BCUT2D eigenvalue weighted by atomic mass is 10.2. The molecule has 17 heavy (non-hydrogen) atoms. The number of rotatable bonds is 3. The molecule has 0 bridgehead atoms. The number of aliphatic hydroxyl groups is 1. The molecule has 1 aromatic rings. The molecule has 0 amide bonds. The largest absolute Gasteiger partial charge is 0.390 e. The fourth-order valence-corrected chi connectivity index (χ4v) is 3.26. The van der Waals surface area contributed by atoms with Gasteiger partial charge in [0.05, 0.1) is 23.5 Å². The maximum Gasteiger partial charge on any atom is 0.218 e. The number of nitrogens with zero attached hydrogens (tertiary/aromatic N) is 2. The van der Waals surface area contributed by atoms with Crippen molar-refractivity contribution in [2.24, 2.45) is 0 Å². The maximum absolute atomic E-state index is 11.9. The average Bonchev–Trinajstić information content (AvgIpc) is 2.24. The number of nitriles is 1. The van der Waals surface area contributed by atoms with E-state index < -0.39 is 16.1 Å². The van der Waals surface area contributed by atoms with Gasteiger partial charge in [-0.3, -0.25) is 0 Å². The van der Waals surface area contributed by atoms with Gasteiger partial charge in [0, 0.05) is 13.1 Å². The highest BCUT2D eigenvalue weighted by Gasteiger charge is 2.34. The predicted octanol–water partition coefficient (Wildman–Crippen LogP) is 0.0646. The zero-order valence-electron chi connectivity index (χ0n) is 9.07. The second-order valence-electron chi connectivity index (χ2n) is 4.04. The zero-order chi connectivity index (χ0) is 12.5. The Balaban J connectivity index is 2.13. The SMILES string of the molecule is N#Cc1cccc(CS(=O)(=O)N2CC(O)C2)c1. The number of benzene rings is 1. The van der Waals surface area contributed by atoms with Gasteiger partial charge in [0.2, 0.25) is 10.0 Å². The van der Waals surface area contributed by atoms with Gasteiger partial charge in [0.1, 0.15) is 0 Å². The molecule has 0 radical (unpaired) electrons. The first-order valence-electron chi connectivity index (χ1n) is 5.16. The van der Waals surface area contributed by atoms with Crippen molar-refractivity contribution >= 4 is 10.0 Å². The minimum absolute atomic E-state index is 0.130. The summed E-state index contributed by atoms with van der Waals surface area (Å²) in [5, 5.41) is 17.8. The minimum Gasteiger partial charge on any atom is -0.390 e. The van der Waals surface area contributed by atoms with Crippen LogP contribution in [0.1, 0.15) is 11.1 Å². The van der Waals surface area contributed by atoms with Crippen LogP contribution in [0.2, 0.25) is 0 Å². The van der Waals surface area contributed by atoms with Gasteiger partial charge >= 0.3 is 0 Å². The summed E-state index contributed by atoms with van der Waals surface area (Å²) in [5.74, 6) is -0.130. The van der Waals surface area contributed by atoms with Gasteiger partial charge in [-0.25, -0.2) is 8.42 Å². The Morgan fingerprint density at radius 3 is 2.76 bits per heavy atom. The first-order chi connectivity index (χ1) is 8.01. The second-order valence-corrected chi connectivity index (χ2v) is 6.01. The molecular weight excluding hydrogens is 240 g/mol. The summed E-state index contributed by atoms with van der Waals surface area (Å²) in [7, 11) is -3.37. The van der Waals surface area contributed by atoms with E-state index in [1.54, 1.807) is 24.3 Å². The summed E-state index contributed by atoms with van der Waals surface area (Å²) in [4.78, 5) is 0. The van der Waals surface area contributed by atoms with E-state index in [9.17, 15) is 8.42 Å². The molecule has 1 fully saturated rings. The monoisotopic (exact) mass is 252 g/mol. The van der Waals surface area contributed by atoms with E-state index in [-0.39, 0.29) is 18.8 Å². The van der Waals surface area contributed by atoms with Crippen LogP contribution in [0.25, 0.3) is 0 Å². The van der Waals surface area contributed by atoms with Crippen molar-refractivity contribution in [3.8, 4) is 6.07 Å². The number of sulfonamides is 1. The van der Waals surface area contributed by atoms with Crippen molar-refractivity contribution < 1.29 is 13.5 Å². The first-order valence-corrected chi connectivity index (χ1v) is 6.77. The van der Waals surface area contributed by atoms with Crippen molar-refractivity contribution in [2.75, 3.05) is 13.1 Å². The van der Waals surface area contributed by atoms with Crippen LogP contribution in [0, 0.1) is 11.3 Å². The smallest absolute Gasteiger partial charge is 0.218 e. The molecule has 6 heteroatoms. The quantitative estimate of drug-likeness (QED) is 0.825. The van der Waals surface area contributed by atoms with Crippen LogP contribution in [-0.2, 0) is 15.8 Å². The van der Waals surface area contributed by atoms with E-state index in [0.29, 0.717) is 11.1 Å². The lowest BCUT2D eigenvalue weighted by Gasteiger charge is -2.34. The molecule has 1 aliphatic rings. The molecule has 2 rings (SSSR count). The van der Waals surface area contributed by atoms with Crippen LogP contribution in [0.15, 0.2) is 24.3 Å². The van der Waals surface area contributed by atoms with Crippen LogP contribution in [0.5, 0.6) is 0 Å². The number of aliphatic hydroxyl groups excluding tert-OH is 1. The van der Waals surface area contributed by atoms with Crippen LogP contribution >= 0.6 is 0 Å². The molecule has 5 nitrogen and oxygen atoms in total. The summed E-state index contributed by atoms with van der Waals surface area (Å²) >= 11 is 0. The molecule has 1 heterocycles. The van der Waals surface area contributed by atoms with Gasteiger partial charge in [-0.05, 0) is 17.7 Å². The molecule has 0 aliphatic carbocycles. The third-order valence-electron chi connectivity index (χ3n) is 2.63. The lowest BCUT2D eigenvalue weighted by Crippen LogP contribution is -2.53. The van der Waals surface area contributed by atoms with Crippen molar-refractivity contribution in [3.63, 3.8) is 0 Å². The highest BCUT2D eigenvalue weighted by molar-refractivity contribution is 7.88. The van der Waals surface area contributed by atoms with Crippen LogP contribution in [-0.4, -0.2) is 37.0 Å². The number of β-amino-alcohol motifs (C(OH)–C–C–N with tert-alkyl or cyclic N) is 1. The molecule has 90 valence electrons. The Kier molecular flexibility index (Phi) is 3.15. The maximum atomic E-state index is 11.9. The van der Waals surface area contributed by atoms with E-state index in [0.717, 1.165) is 0 Å². The Morgan fingerprint density at radius 1 is 1.47 bits per heavy atom. The molecule has 0 aromatic heterocycles. The zero-order valence-corrected chi connectivity index (χ0v) is 9.89. The molecule has 1 saturated heterocycles. The van der Waals surface area contributed by atoms with Crippen molar-refractivity contribution in [1.29, 1.82) is 5.26 Å². The van der Waals surface area contributed by atoms with Gasteiger partial charge < -0.3 is 5.11 Å². The molecule has 1 aromatic carbocycles. The van der Waals surface area contributed by atoms with E-state index in [1.165, 1.54) is 4.31 Å². The fraction of sp³-hybridized carbons (Fsp3) is 0.364. The van der Waals surface area contributed by atoms with Crippen LogP contribution < -0.4 is 0 Å². The van der Waals surface area contributed by atoms with E-state index in [4.69, 9.17) is 10.4 Å². The fourth-order valence-electron chi connectivity index (χ4n) is 1.68. The molecule has 1 N–H and O–H groups in total. The molecule has 0 atom stereocenters. The number of hydrogen-bond acceptors (Lipinski definition) is 4. The highest BCUT2D eigenvalue weighted by atomic mass is 32.2. The highest BCUT2D eigenvalue weighted by Crippen LogP contribution is 2.18. The summed E-state index contributed by atoms with van der Waals surface area (Å²) in [6, 6.07) is 8.50. The van der Waals surface area contributed by atoms with Gasteiger partial charge in [0.25, 0.3) is 0 Å². The number of hydrogen-bond donors (Lipinski definition) is 1. The predicted molar refractivity (Wildman–Crippen MR) is 61.4 cm³/mol. The molecule has 0 unspecified atom stereocenters. The molecule has 0 spiro atoms. The molecule has 1 aliphatic heterocycles. The first kappa shape index (κ1) is 12.0. The van der Waals surface area contributed by atoms with E-state index in [1.807, 2.05) is 6.07 Å². The van der Waals surface area contributed by atoms with Gasteiger partial charge in [-0.2, -0.15) is 9.57 Å². The molecular formula is C11H12N2O3S. The van der Waals surface area contributed by atoms with Crippen molar-refractivity contribution in [1.82, 2.24) is 4.31 Å². The van der Waals surface area contributed by atoms with Gasteiger partial charge in [0.15, 0.2) is 0 Å². The Bertz CT molecular complexity index is 556. The van der Waals surface area contributed by atoms with Gasteiger partial charge in [-0.1, -0.05) is 12.1 Å². The van der Waals surface area contributed by atoms with Crippen LogP contribution in [0.4, 0.5) is 0 Å². The van der Waals surface area contributed by atoms with E-state index >= 15 is 0 Å². The Labute approximate surface area is 100.0 Å². The van der Waals surface area contributed by atoms with Crippen molar-refractivity contribution in [2.45, 2.75) is 11.9 Å². The lowest BCUT2D eigenvalue weighted by molar-refractivity contribution is 0.0547. The summed E-state index contributed by atoms with van der Waals surface area (Å²) in [5.41, 5.74) is 1.03. The van der Waals surface area contributed by atoms with Crippen LogP contribution in [0.3, 0.4) is 0 Å². The van der Waals surface area contributed by atoms with E-state index in [2.05, 4.69) is 0 Å². The summed E-state index contributed by atoms with van der Waals surface area (Å²) in [6.07, 6.45) is -0.546. The standard InChI is InChI=1S/C11H12N2O3S/c12-5-9-2-1-3-10(4-9)8-17(15,16)13-6-11(14)7-13/h1-4,11,14H,6-8H2. The molecule has 0 saturated carbocycles. The average molecular weight is 252 g/mol. The topological polar surface area (TPSA) is 81.4 Å². The third kappa shape index (κ3) is 2.64. The summed E-state index contributed by atoms with van der Waals surface area (Å²) < 4.78 is 25.0.